The molecule has 0 radical (unpaired) electrons. The second-order valence-corrected chi connectivity index (χ2v) is 16.0. The Balaban J connectivity index is 1.23. The molecule has 1 aliphatic rings. The van der Waals surface area contributed by atoms with Gasteiger partial charge >= 0.3 is 0 Å². The van der Waals surface area contributed by atoms with Crippen LogP contribution in [0.15, 0.2) is 197 Å². The Bertz CT molecular complexity index is 3430. The van der Waals surface area contributed by atoms with E-state index in [2.05, 4.69) is 189 Å². The molecule has 9 aromatic carbocycles. The maximum absolute atomic E-state index is 7.16. The van der Waals surface area contributed by atoms with Crippen molar-refractivity contribution in [2.45, 2.75) is 19.3 Å². The maximum atomic E-state index is 7.16. The summed E-state index contributed by atoms with van der Waals surface area (Å²) in [6, 6.07) is 67.7. The van der Waals surface area contributed by atoms with Crippen LogP contribution in [0.1, 0.15) is 25.0 Å². The Morgan fingerprint density at radius 1 is 0.397 bits per heavy atom. The van der Waals surface area contributed by atoms with Gasteiger partial charge in [-0.1, -0.05) is 153 Å². The first-order valence-corrected chi connectivity index (χ1v) is 20.0. The van der Waals surface area contributed by atoms with Crippen LogP contribution >= 0.6 is 0 Å². The van der Waals surface area contributed by atoms with Gasteiger partial charge in [-0.25, -0.2) is 0 Å². The van der Waals surface area contributed by atoms with Crippen LogP contribution in [0.5, 0.6) is 0 Å². The maximum Gasteiger partial charge on any atom is 0.159 e. The van der Waals surface area contributed by atoms with Crippen molar-refractivity contribution < 1.29 is 8.83 Å². The highest BCUT2D eigenvalue weighted by Gasteiger charge is 2.36. The molecule has 0 saturated heterocycles. The van der Waals surface area contributed by atoms with E-state index >= 15 is 0 Å². The minimum absolute atomic E-state index is 0.181. The molecule has 58 heavy (non-hydrogen) atoms. The molecule has 2 aromatic heterocycles. The predicted octanol–water partition coefficient (Wildman–Crippen LogP) is 15.7. The molecule has 0 fully saturated rings. The van der Waals surface area contributed by atoms with E-state index < -0.39 is 0 Å². The van der Waals surface area contributed by atoms with Crippen LogP contribution in [-0.2, 0) is 5.41 Å². The van der Waals surface area contributed by atoms with Crippen molar-refractivity contribution in [1.29, 1.82) is 0 Å². The Morgan fingerprint density at radius 2 is 1.05 bits per heavy atom. The fourth-order valence-electron chi connectivity index (χ4n) is 9.73. The zero-order valence-corrected chi connectivity index (χ0v) is 32.2. The number of furan rings is 2. The highest BCUT2D eigenvalue weighted by atomic mass is 16.3. The van der Waals surface area contributed by atoms with Crippen LogP contribution in [0.4, 0.5) is 17.1 Å². The minimum atomic E-state index is -0.181. The third kappa shape index (κ3) is 4.74. The Kier molecular flexibility index (Phi) is 6.98. The van der Waals surface area contributed by atoms with Gasteiger partial charge in [0.2, 0.25) is 0 Å². The molecule has 0 atom stereocenters. The van der Waals surface area contributed by atoms with Crippen molar-refractivity contribution in [3.63, 3.8) is 0 Å². The number of para-hydroxylation sites is 2. The molecule has 3 heteroatoms. The van der Waals surface area contributed by atoms with Crippen LogP contribution in [0.25, 0.3) is 88.0 Å². The number of hydrogen-bond acceptors (Lipinski definition) is 3. The molecule has 0 N–H and O–H groups in total. The van der Waals surface area contributed by atoms with Crippen LogP contribution < -0.4 is 4.90 Å². The minimum Gasteiger partial charge on any atom is -0.456 e. The summed E-state index contributed by atoms with van der Waals surface area (Å²) < 4.78 is 13.6. The van der Waals surface area contributed by atoms with Crippen molar-refractivity contribution in [3.05, 3.63) is 199 Å². The lowest BCUT2D eigenvalue weighted by Gasteiger charge is -2.30. The Hall–Kier alpha value is -7.36. The highest BCUT2D eigenvalue weighted by Crippen LogP contribution is 2.53. The third-order valence-electron chi connectivity index (χ3n) is 12.5. The van der Waals surface area contributed by atoms with Gasteiger partial charge in [0.15, 0.2) is 5.58 Å². The van der Waals surface area contributed by atoms with E-state index in [4.69, 9.17) is 8.83 Å². The van der Waals surface area contributed by atoms with Gasteiger partial charge in [0, 0.05) is 38.2 Å². The van der Waals surface area contributed by atoms with Crippen molar-refractivity contribution in [2.75, 3.05) is 4.90 Å². The summed E-state index contributed by atoms with van der Waals surface area (Å²) in [6.45, 7) is 4.70. The zero-order valence-electron chi connectivity index (χ0n) is 32.2. The highest BCUT2D eigenvalue weighted by molar-refractivity contribution is 6.27. The van der Waals surface area contributed by atoms with E-state index in [0.29, 0.717) is 0 Å². The normalized spacial score (nSPS) is 13.1. The smallest absolute Gasteiger partial charge is 0.159 e. The number of anilines is 3. The SMILES string of the molecule is CC1(C)c2ccccc2-c2ccc(N(c3ccccc3-c3ccccc3)c3cc(-c4cccc5ccccc45)cc4c3oc3ccc5oc6ccccc6c5c34)cc21. The molecular formula is C55H37NO2. The van der Waals surface area contributed by atoms with Gasteiger partial charge in [-0.05, 0) is 98.2 Å². The van der Waals surface area contributed by atoms with E-state index in [1.54, 1.807) is 0 Å². The third-order valence-corrected chi connectivity index (χ3v) is 12.5. The average molecular weight is 744 g/mol. The number of benzene rings is 9. The lowest BCUT2D eigenvalue weighted by atomic mass is 9.82. The molecule has 274 valence electrons. The first-order chi connectivity index (χ1) is 28.5. The molecule has 0 aliphatic heterocycles. The fraction of sp³-hybridized carbons (Fsp3) is 0.0545. The molecule has 12 rings (SSSR count). The zero-order chi connectivity index (χ0) is 38.5. The van der Waals surface area contributed by atoms with E-state index in [1.807, 2.05) is 18.2 Å². The lowest BCUT2D eigenvalue weighted by Crippen LogP contribution is -2.17. The number of nitrogens with zero attached hydrogens (tertiary/aromatic N) is 1. The van der Waals surface area contributed by atoms with Crippen LogP contribution in [0.3, 0.4) is 0 Å². The van der Waals surface area contributed by atoms with Gasteiger partial charge in [0.1, 0.15) is 16.7 Å². The van der Waals surface area contributed by atoms with E-state index in [9.17, 15) is 0 Å². The van der Waals surface area contributed by atoms with Crippen LogP contribution in [0, 0.1) is 0 Å². The summed E-state index contributed by atoms with van der Waals surface area (Å²) in [5.41, 5.74) is 16.1. The van der Waals surface area contributed by atoms with Gasteiger partial charge < -0.3 is 13.7 Å². The van der Waals surface area contributed by atoms with Gasteiger partial charge in [-0.15, -0.1) is 0 Å². The summed E-state index contributed by atoms with van der Waals surface area (Å²) in [5, 5.41) is 6.66. The van der Waals surface area contributed by atoms with Gasteiger partial charge in [0.25, 0.3) is 0 Å². The van der Waals surface area contributed by atoms with E-state index in [-0.39, 0.29) is 5.41 Å². The second-order valence-electron chi connectivity index (χ2n) is 16.0. The lowest BCUT2D eigenvalue weighted by molar-refractivity contribution is 0.660. The van der Waals surface area contributed by atoms with Gasteiger partial charge in [0.05, 0.1) is 11.4 Å². The first-order valence-electron chi connectivity index (χ1n) is 20.0. The molecule has 2 heterocycles. The number of hydrogen-bond donors (Lipinski definition) is 0. The molecule has 3 nitrogen and oxygen atoms in total. The summed E-state index contributed by atoms with van der Waals surface area (Å²) >= 11 is 0. The molecule has 11 aromatic rings. The summed E-state index contributed by atoms with van der Waals surface area (Å²) in [6.07, 6.45) is 0. The summed E-state index contributed by atoms with van der Waals surface area (Å²) in [4.78, 5) is 2.44. The quantitative estimate of drug-likeness (QED) is 0.176. The topological polar surface area (TPSA) is 29.5 Å². The van der Waals surface area contributed by atoms with Crippen molar-refractivity contribution >= 4 is 71.7 Å². The second kappa shape index (κ2) is 12.3. The summed E-state index contributed by atoms with van der Waals surface area (Å²) in [5.74, 6) is 0. The molecule has 0 bridgehead atoms. The molecular weight excluding hydrogens is 707 g/mol. The van der Waals surface area contributed by atoms with Crippen LogP contribution in [0.2, 0.25) is 0 Å². The van der Waals surface area contributed by atoms with Crippen molar-refractivity contribution in [1.82, 2.24) is 0 Å². The average Bonchev–Trinajstić information content (AvgIpc) is 3.91. The predicted molar refractivity (Wildman–Crippen MR) is 242 cm³/mol. The molecule has 1 aliphatic carbocycles. The van der Waals surface area contributed by atoms with E-state index in [0.717, 1.165) is 77.6 Å². The van der Waals surface area contributed by atoms with E-state index in [1.165, 1.54) is 38.6 Å². The van der Waals surface area contributed by atoms with Crippen molar-refractivity contribution in [3.8, 4) is 33.4 Å². The molecule has 0 unspecified atom stereocenters. The standard InChI is InChI=1S/C55H37NO2/c1-55(2)45-24-11-8-21-41(45)42-28-27-37(33-46(42)55)56(47-25-12-9-20-40(47)35-15-4-3-5-16-35)48-32-36(39-23-14-18-34-17-6-7-19-38(34)39)31-44-53-51(58-54(44)48)30-29-50-52(53)43-22-10-13-26-49(43)57-50/h3-33H,1-2H3. The molecule has 0 amide bonds. The largest absolute Gasteiger partial charge is 0.456 e. The molecule has 0 saturated carbocycles. The number of fused-ring (bicyclic) bond motifs is 11. The molecule has 0 spiro atoms. The van der Waals surface area contributed by atoms with Crippen LogP contribution in [-0.4, -0.2) is 0 Å². The first kappa shape index (κ1) is 32.8. The Labute approximate surface area is 336 Å². The summed E-state index contributed by atoms with van der Waals surface area (Å²) in [7, 11) is 0. The van der Waals surface area contributed by atoms with Crippen molar-refractivity contribution in [2.24, 2.45) is 0 Å². The monoisotopic (exact) mass is 743 g/mol. The van der Waals surface area contributed by atoms with Gasteiger partial charge in [-0.3, -0.25) is 0 Å². The van der Waals surface area contributed by atoms with Gasteiger partial charge in [-0.2, -0.15) is 0 Å². The number of rotatable bonds is 5. The Morgan fingerprint density at radius 3 is 1.93 bits per heavy atom. The fourth-order valence-corrected chi connectivity index (χ4v) is 9.73.